The number of aromatic nitrogens is 2. The molecule has 3 aliphatic rings. The van der Waals surface area contributed by atoms with Gasteiger partial charge in [-0.3, -0.25) is 14.4 Å². The summed E-state index contributed by atoms with van der Waals surface area (Å²) in [7, 11) is -3.56. The number of aliphatic hydroxyl groups is 1. The van der Waals surface area contributed by atoms with Gasteiger partial charge in [-0.05, 0) is 72.6 Å². The van der Waals surface area contributed by atoms with Crippen molar-refractivity contribution in [1.82, 2.24) is 14.7 Å². The third-order valence-corrected chi connectivity index (χ3v) is 14.1. The number of hydrogen-bond donors (Lipinski definition) is 1. The van der Waals surface area contributed by atoms with Crippen LogP contribution in [0.2, 0.25) is 23.7 Å². The maximum Gasteiger partial charge on any atom is 0.279 e. The molecule has 1 fully saturated rings. The van der Waals surface area contributed by atoms with Crippen LogP contribution in [0.25, 0.3) is 16.5 Å². The van der Waals surface area contributed by atoms with Gasteiger partial charge < -0.3 is 23.8 Å². The van der Waals surface area contributed by atoms with Gasteiger partial charge in [0.05, 0.1) is 54.7 Å². The van der Waals surface area contributed by atoms with E-state index in [0.717, 1.165) is 22.1 Å². The lowest BCUT2D eigenvalue weighted by Gasteiger charge is -2.37. The third kappa shape index (κ3) is 5.90. The Kier molecular flexibility index (Phi) is 8.88. The van der Waals surface area contributed by atoms with Crippen molar-refractivity contribution in [3.63, 3.8) is 0 Å². The molecule has 272 valence electrons. The molecule has 0 aliphatic carbocycles. The molecule has 1 saturated heterocycles. The zero-order valence-electron chi connectivity index (χ0n) is 29.7. The Balaban J connectivity index is 1.13. The quantitative estimate of drug-likeness (QED) is 0.147. The van der Waals surface area contributed by atoms with Crippen LogP contribution in [-0.4, -0.2) is 58.8 Å². The lowest BCUT2D eigenvalue weighted by atomic mass is 9.82. The van der Waals surface area contributed by atoms with Gasteiger partial charge in [-0.15, -0.1) is 0 Å². The summed E-state index contributed by atoms with van der Waals surface area (Å²) in [6.07, 6.45) is 1.15. The molecule has 1 spiro atoms. The molecule has 0 radical (unpaired) electrons. The van der Waals surface area contributed by atoms with Crippen LogP contribution in [0.1, 0.15) is 35.6 Å². The average Bonchev–Trinajstić information content (AvgIpc) is 3.56. The highest BCUT2D eigenvalue weighted by Gasteiger charge is 2.67. The van der Waals surface area contributed by atoms with Crippen LogP contribution in [0.15, 0.2) is 102 Å². The van der Waals surface area contributed by atoms with E-state index in [2.05, 4.69) is 5.10 Å². The highest BCUT2D eigenvalue weighted by molar-refractivity contribution is 6.72. The number of halogens is 2. The van der Waals surface area contributed by atoms with Crippen LogP contribution in [-0.2, 0) is 39.4 Å². The van der Waals surface area contributed by atoms with Crippen molar-refractivity contribution in [2.75, 3.05) is 11.5 Å². The van der Waals surface area contributed by atoms with E-state index in [1.165, 1.54) is 4.68 Å². The van der Waals surface area contributed by atoms with Crippen LogP contribution in [0, 0.1) is 5.92 Å². The predicted molar refractivity (Wildman–Crippen MR) is 204 cm³/mol. The Morgan fingerprint density at radius 3 is 2.55 bits per heavy atom. The number of anilines is 1. The average molecular weight is 751 g/mol. The Morgan fingerprint density at radius 1 is 1.02 bits per heavy atom. The second-order valence-corrected chi connectivity index (χ2v) is 19.2. The lowest BCUT2D eigenvalue weighted by molar-refractivity contribution is -0.151. The zero-order valence-corrected chi connectivity index (χ0v) is 31.5. The van der Waals surface area contributed by atoms with Crippen LogP contribution in [0.3, 0.4) is 0 Å². The van der Waals surface area contributed by atoms with Gasteiger partial charge in [-0.1, -0.05) is 73.1 Å². The highest BCUT2D eigenvalue weighted by atomic mass is 35.5. The molecule has 9 nitrogen and oxygen atoms in total. The highest BCUT2D eigenvalue weighted by Crippen LogP contribution is 2.60. The molecule has 5 atom stereocenters. The van der Waals surface area contributed by atoms with Gasteiger partial charge in [-0.2, -0.15) is 9.78 Å². The smallest absolute Gasteiger partial charge is 0.279 e. The summed E-state index contributed by atoms with van der Waals surface area (Å²) in [6.45, 7) is 5.32. The second kappa shape index (κ2) is 13.3. The van der Waals surface area contributed by atoms with E-state index >= 15 is 4.11 Å². The van der Waals surface area contributed by atoms with Gasteiger partial charge in [0.1, 0.15) is 0 Å². The number of fused-ring (bicyclic) bond motifs is 4. The van der Waals surface area contributed by atoms with E-state index in [-0.39, 0.29) is 36.9 Å². The number of amides is 2. The number of rotatable bonds is 7. The normalized spacial score (nSPS) is 23.8. The molecule has 2 amide bonds. The summed E-state index contributed by atoms with van der Waals surface area (Å²) in [4.78, 5) is 45.8. The minimum atomic E-state index is -3.56. The van der Waals surface area contributed by atoms with E-state index in [9.17, 15) is 19.5 Å². The molecule has 1 aromatic heterocycles. The molecule has 0 saturated carbocycles. The van der Waals surface area contributed by atoms with Gasteiger partial charge in [0.25, 0.3) is 11.5 Å². The fourth-order valence-corrected chi connectivity index (χ4v) is 11.6. The Bertz CT molecular complexity index is 2330. The Hall–Kier alpha value is -4.68. The van der Waals surface area contributed by atoms with E-state index in [1.807, 2.05) is 67.6 Å². The van der Waals surface area contributed by atoms with Crippen molar-refractivity contribution >= 4 is 48.3 Å². The minimum Gasteiger partial charge on any atom is -0.394 e. The first-order chi connectivity index (χ1) is 25.4. The molecular weight excluding hydrogens is 711 g/mol. The van der Waals surface area contributed by atoms with Crippen molar-refractivity contribution in [2.45, 2.75) is 69.2 Å². The fraction of sp³-hybridized carbons (Fsp3) is 0.317. The van der Waals surface area contributed by atoms with Crippen molar-refractivity contribution in [3.05, 3.63) is 135 Å². The molecule has 0 bridgehead atoms. The molecule has 4 aromatic carbocycles. The zero-order chi connectivity index (χ0) is 37.2. The van der Waals surface area contributed by atoms with E-state index in [4.69, 9.17) is 16.3 Å². The Morgan fingerprint density at radius 2 is 1.77 bits per heavy atom. The number of aliphatic hydroxyl groups excluding tert-OH is 1. The maximum atomic E-state index is 16.5. The topological polar surface area (TPSA) is 105 Å². The SMILES string of the molecule is C[C@H]1[C@H]([Si](C)(C)F)[C@@H](CC(=O)N2Cc3ccccc3C[C@H]2CO)O[C@]12C(=O)N(Cc1cccc(-n3ncc4ccccc4c3=O)c1)c1ccc(Cl)cc12. The van der Waals surface area contributed by atoms with E-state index in [1.54, 1.807) is 59.4 Å². The van der Waals surface area contributed by atoms with Crippen LogP contribution in [0.5, 0.6) is 0 Å². The summed E-state index contributed by atoms with van der Waals surface area (Å²) >= 11 is 6.58. The van der Waals surface area contributed by atoms with Crippen LogP contribution < -0.4 is 10.5 Å². The maximum absolute atomic E-state index is 16.5. The van der Waals surface area contributed by atoms with Gasteiger partial charge >= 0.3 is 0 Å². The van der Waals surface area contributed by atoms with Gasteiger partial charge in [0, 0.05) is 34.0 Å². The molecule has 1 N–H and O–H groups in total. The van der Waals surface area contributed by atoms with Gasteiger partial charge in [0.15, 0.2) is 5.60 Å². The first kappa shape index (κ1) is 35.4. The fourth-order valence-electron chi connectivity index (χ4n) is 8.95. The molecule has 8 rings (SSSR count). The van der Waals surface area contributed by atoms with Gasteiger partial charge in [0.2, 0.25) is 14.3 Å². The first-order valence-electron chi connectivity index (χ1n) is 17.9. The summed E-state index contributed by atoms with van der Waals surface area (Å²) in [5.41, 5.74) is 2.00. The van der Waals surface area contributed by atoms with Crippen LogP contribution in [0.4, 0.5) is 9.80 Å². The third-order valence-electron chi connectivity index (χ3n) is 11.4. The number of nitrogens with zero attached hydrogens (tertiary/aromatic N) is 4. The summed E-state index contributed by atoms with van der Waals surface area (Å²) in [5.74, 6) is -1.23. The van der Waals surface area contributed by atoms with E-state index in [0.29, 0.717) is 40.3 Å². The number of carbonyl (C=O) groups excluding carboxylic acids is 2. The van der Waals surface area contributed by atoms with Crippen LogP contribution >= 0.6 is 11.6 Å². The molecule has 53 heavy (non-hydrogen) atoms. The summed E-state index contributed by atoms with van der Waals surface area (Å²) < 4.78 is 24.7. The number of benzene rings is 4. The molecule has 5 aromatic rings. The standard InChI is InChI=1S/C41H40ClFN4O5Si/c1-25-38(53(2,3)43)36(20-37(49)45-23-29-12-5-4-10-27(29)18-32(45)24-48)52-41(25)34-19-30(42)15-16-35(34)46(40(41)51)22-26-9-8-13-31(17-26)47-39(50)33-14-7-6-11-28(33)21-44-47/h4-17,19,21,25,32,36,38,48H,18,20,22-24H2,1-3H3/t25-,32-,36+,38-,41+/m0/s1. The van der Waals surface area contributed by atoms with Gasteiger partial charge in [-0.25, -0.2) is 0 Å². The molecular formula is C41H40ClFN4O5Si. The Labute approximate surface area is 312 Å². The number of hydrogen-bond acceptors (Lipinski definition) is 6. The molecule has 3 aliphatic heterocycles. The van der Waals surface area contributed by atoms with Crippen molar-refractivity contribution in [3.8, 4) is 5.69 Å². The van der Waals surface area contributed by atoms with Crippen molar-refractivity contribution in [1.29, 1.82) is 0 Å². The summed E-state index contributed by atoms with van der Waals surface area (Å²) in [5, 5.41) is 16.4. The lowest BCUT2D eigenvalue weighted by Crippen LogP contribution is -2.48. The molecule has 12 heteroatoms. The molecule has 4 heterocycles. The minimum absolute atomic E-state index is 0.130. The predicted octanol–water partition coefficient (Wildman–Crippen LogP) is 6.70. The summed E-state index contributed by atoms with van der Waals surface area (Å²) in [6, 6.07) is 27.2. The van der Waals surface area contributed by atoms with Crippen molar-refractivity contribution in [2.24, 2.45) is 5.92 Å². The molecule has 0 unspecified atom stereocenters. The largest absolute Gasteiger partial charge is 0.394 e. The first-order valence-corrected chi connectivity index (χ1v) is 21.3. The monoisotopic (exact) mass is 750 g/mol. The second-order valence-electron chi connectivity index (χ2n) is 15.0. The number of ether oxygens (including phenoxy) is 1. The number of carbonyl (C=O) groups is 2. The van der Waals surface area contributed by atoms with Crippen molar-refractivity contribution < 1.29 is 23.5 Å². The van der Waals surface area contributed by atoms with E-state index < -0.39 is 37.6 Å².